The zero-order valence-electron chi connectivity index (χ0n) is 10.1. The predicted molar refractivity (Wildman–Crippen MR) is 69.3 cm³/mol. The van der Waals surface area contributed by atoms with Crippen molar-refractivity contribution < 1.29 is 14.8 Å². The maximum atomic E-state index is 12.4. The van der Waals surface area contributed by atoms with Crippen LogP contribution in [-0.4, -0.2) is 40.0 Å². The van der Waals surface area contributed by atoms with Crippen LogP contribution in [0.25, 0.3) is 0 Å². The fourth-order valence-electron chi connectivity index (χ4n) is 2.31. The summed E-state index contributed by atoms with van der Waals surface area (Å²) in [5.74, 6) is -0.492. The lowest BCUT2D eigenvalue weighted by molar-refractivity contribution is -0.385. The Labute approximate surface area is 114 Å². The van der Waals surface area contributed by atoms with Crippen molar-refractivity contribution in [2.24, 2.45) is 0 Å². The molecule has 1 saturated heterocycles. The van der Waals surface area contributed by atoms with E-state index in [2.05, 4.69) is 0 Å². The van der Waals surface area contributed by atoms with E-state index in [1.807, 2.05) is 0 Å². The number of aliphatic hydroxyl groups excluding tert-OH is 1. The zero-order valence-corrected chi connectivity index (χ0v) is 10.8. The van der Waals surface area contributed by atoms with Crippen molar-refractivity contribution in [2.75, 3.05) is 13.2 Å². The third-order valence-electron chi connectivity index (χ3n) is 3.25. The Morgan fingerprint density at radius 2 is 2.32 bits per heavy atom. The monoisotopic (exact) mass is 284 g/mol. The van der Waals surface area contributed by atoms with Gasteiger partial charge in [0.1, 0.15) is 5.56 Å². The summed E-state index contributed by atoms with van der Waals surface area (Å²) < 4.78 is 0. The highest BCUT2D eigenvalue weighted by Gasteiger charge is 2.33. The molecule has 1 aliphatic heterocycles. The molecule has 19 heavy (non-hydrogen) atoms. The first-order valence-electron chi connectivity index (χ1n) is 5.91. The first-order valence-corrected chi connectivity index (χ1v) is 6.28. The fraction of sp³-hybridized carbons (Fsp3) is 0.417. The number of nitrogens with zero attached hydrogens (tertiary/aromatic N) is 2. The van der Waals surface area contributed by atoms with Crippen LogP contribution in [0.15, 0.2) is 18.2 Å². The van der Waals surface area contributed by atoms with Gasteiger partial charge >= 0.3 is 0 Å². The Balaban J connectivity index is 2.41. The van der Waals surface area contributed by atoms with Crippen molar-refractivity contribution in [3.63, 3.8) is 0 Å². The summed E-state index contributed by atoms with van der Waals surface area (Å²) in [6.07, 6.45) is 1.47. The Morgan fingerprint density at radius 1 is 1.58 bits per heavy atom. The van der Waals surface area contributed by atoms with Gasteiger partial charge in [-0.2, -0.15) is 0 Å². The summed E-state index contributed by atoms with van der Waals surface area (Å²) in [6.45, 7) is 0.330. The molecule has 1 atom stereocenters. The van der Waals surface area contributed by atoms with Crippen LogP contribution in [0.5, 0.6) is 0 Å². The summed E-state index contributed by atoms with van der Waals surface area (Å²) >= 11 is 5.92. The lowest BCUT2D eigenvalue weighted by Crippen LogP contribution is -2.38. The van der Waals surface area contributed by atoms with Crippen LogP contribution >= 0.6 is 11.6 Å². The van der Waals surface area contributed by atoms with Gasteiger partial charge in [-0.25, -0.2) is 0 Å². The van der Waals surface area contributed by atoms with Gasteiger partial charge in [0.15, 0.2) is 0 Å². The van der Waals surface area contributed by atoms with Crippen LogP contribution in [-0.2, 0) is 0 Å². The second-order valence-electron chi connectivity index (χ2n) is 4.37. The maximum absolute atomic E-state index is 12.4. The van der Waals surface area contributed by atoms with E-state index < -0.39 is 10.8 Å². The number of hydrogen-bond donors (Lipinski definition) is 1. The minimum absolute atomic E-state index is 0.0581. The van der Waals surface area contributed by atoms with E-state index >= 15 is 0 Å². The van der Waals surface area contributed by atoms with Crippen molar-refractivity contribution in [1.29, 1.82) is 0 Å². The van der Waals surface area contributed by atoms with E-state index in [0.29, 0.717) is 13.0 Å². The summed E-state index contributed by atoms with van der Waals surface area (Å²) in [5.41, 5.74) is -0.407. The molecule has 0 aromatic heterocycles. The van der Waals surface area contributed by atoms with Gasteiger partial charge in [0.2, 0.25) is 0 Å². The molecule has 1 aromatic carbocycles. The average molecular weight is 285 g/mol. The predicted octanol–water partition coefficient (Wildman–Crippen LogP) is 1.85. The Hall–Kier alpha value is -1.66. The number of nitro benzene ring substituents is 1. The molecule has 1 heterocycles. The van der Waals surface area contributed by atoms with Crippen LogP contribution in [0.1, 0.15) is 23.2 Å². The minimum Gasteiger partial charge on any atom is -0.394 e. The van der Waals surface area contributed by atoms with Crippen LogP contribution in [0.2, 0.25) is 5.02 Å². The Morgan fingerprint density at radius 3 is 2.95 bits per heavy atom. The highest BCUT2D eigenvalue weighted by atomic mass is 35.5. The lowest BCUT2D eigenvalue weighted by atomic mass is 10.1. The van der Waals surface area contributed by atoms with Crippen LogP contribution in [0.4, 0.5) is 5.69 Å². The highest BCUT2D eigenvalue weighted by Crippen LogP contribution is 2.30. The number of aliphatic hydroxyl groups is 1. The molecule has 1 amide bonds. The molecule has 6 nitrogen and oxygen atoms in total. The molecule has 0 saturated carbocycles. The molecule has 0 aliphatic carbocycles. The van der Waals surface area contributed by atoms with Gasteiger partial charge < -0.3 is 10.0 Å². The topological polar surface area (TPSA) is 83.7 Å². The third kappa shape index (κ3) is 2.54. The number of likely N-dealkylation sites (tertiary alicyclic amines) is 1. The average Bonchev–Trinajstić information content (AvgIpc) is 2.85. The van der Waals surface area contributed by atoms with Crippen molar-refractivity contribution in [3.05, 3.63) is 38.9 Å². The molecule has 1 fully saturated rings. The fourth-order valence-corrected chi connectivity index (χ4v) is 2.56. The van der Waals surface area contributed by atoms with Crippen LogP contribution in [0.3, 0.4) is 0 Å². The van der Waals surface area contributed by atoms with Gasteiger partial charge in [-0.1, -0.05) is 17.7 Å². The molecule has 0 unspecified atom stereocenters. The van der Waals surface area contributed by atoms with E-state index in [1.54, 1.807) is 0 Å². The summed E-state index contributed by atoms with van der Waals surface area (Å²) in [6, 6.07) is 3.85. The number of nitro groups is 1. The summed E-state index contributed by atoms with van der Waals surface area (Å²) in [4.78, 5) is 24.2. The van der Waals surface area contributed by atoms with Crippen LogP contribution < -0.4 is 0 Å². The summed E-state index contributed by atoms with van der Waals surface area (Å²) in [7, 11) is 0. The number of benzene rings is 1. The van der Waals surface area contributed by atoms with Gasteiger partial charge in [-0.05, 0) is 18.9 Å². The zero-order chi connectivity index (χ0) is 14.0. The van der Waals surface area contributed by atoms with E-state index in [9.17, 15) is 20.0 Å². The molecule has 0 bridgehead atoms. The second-order valence-corrected chi connectivity index (χ2v) is 4.78. The number of hydrogen-bond acceptors (Lipinski definition) is 4. The molecule has 0 radical (unpaired) electrons. The molecule has 1 aliphatic rings. The number of amides is 1. The van der Waals surface area contributed by atoms with Crippen molar-refractivity contribution >= 4 is 23.2 Å². The SMILES string of the molecule is O=C(c1c(Cl)cccc1[N+](=O)[O-])N1CCC[C@H]1CO. The maximum Gasteiger partial charge on any atom is 0.283 e. The smallest absolute Gasteiger partial charge is 0.283 e. The molecule has 1 aromatic rings. The molecular formula is C12H13ClN2O4. The molecule has 2 rings (SSSR count). The normalized spacial score (nSPS) is 18.6. The van der Waals surface area contributed by atoms with Gasteiger partial charge in [0.25, 0.3) is 11.6 Å². The van der Waals surface area contributed by atoms with Gasteiger partial charge in [-0.15, -0.1) is 0 Å². The van der Waals surface area contributed by atoms with E-state index in [4.69, 9.17) is 11.6 Å². The van der Waals surface area contributed by atoms with Crippen molar-refractivity contribution in [3.8, 4) is 0 Å². The quantitative estimate of drug-likeness (QED) is 0.678. The number of carbonyl (C=O) groups is 1. The second kappa shape index (κ2) is 5.54. The highest BCUT2D eigenvalue weighted by molar-refractivity contribution is 6.34. The molecule has 7 heteroatoms. The Bertz CT molecular complexity index is 520. The number of rotatable bonds is 3. The van der Waals surface area contributed by atoms with Crippen molar-refractivity contribution in [1.82, 2.24) is 4.90 Å². The van der Waals surface area contributed by atoms with Gasteiger partial charge in [0, 0.05) is 12.6 Å². The third-order valence-corrected chi connectivity index (χ3v) is 3.57. The van der Waals surface area contributed by atoms with Crippen LogP contribution in [0, 0.1) is 10.1 Å². The first kappa shape index (κ1) is 13.8. The number of halogens is 1. The molecule has 1 N–H and O–H groups in total. The first-order chi connectivity index (χ1) is 9.06. The standard InChI is InChI=1S/C12H13ClN2O4/c13-9-4-1-5-10(15(18)19)11(9)12(17)14-6-2-3-8(14)7-16/h1,4-5,8,16H,2-3,6-7H2/t8-/m0/s1. The van der Waals surface area contributed by atoms with E-state index in [-0.39, 0.29) is 28.9 Å². The molecule has 102 valence electrons. The summed E-state index contributed by atoms with van der Waals surface area (Å²) in [5, 5.41) is 20.2. The lowest BCUT2D eigenvalue weighted by Gasteiger charge is -2.23. The largest absolute Gasteiger partial charge is 0.394 e. The molecular weight excluding hydrogens is 272 g/mol. The number of carbonyl (C=O) groups excluding carboxylic acids is 1. The Kier molecular flexibility index (Phi) is 4.01. The van der Waals surface area contributed by atoms with Gasteiger partial charge in [-0.3, -0.25) is 14.9 Å². The van der Waals surface area contributed by atoms with Gasteiger partial charge in [0.05, 0.1) is 22.6 Å². The van der Waals surface area contributed by atoms with E-state index in [0.717, 1.165) is 6.42 Å². The minimum atomic E-state index is -0.622. The van der Waals surface area contributed by atoms with Crippen molar-refractivity contribution in [2.45, 2.75) is 18.9 Å². The van der Waals surface area contributed by atoms with E-state index in [1.165, 1.54) is 23.1 Å². The molecule has 0 spiro atoms.